The average Bonchev–Trinajstić information content (AvgIpc) is 2.99. The minimum Gasteiger partial charge on any atom is -0.393 e. The van der Waals surface area contributed by atoms with Crippen molar-refractivity contribution < 1.29 is 14.6 Å². The largest absolute Gasteiger partial charge is 0.393 e. The van der Waals surface area contributed by atoms with E-state index in [1.807, 2.05) is 0 Å². The number of nitrogens with zero attached hydrogens (tertiary/aromatic N) is 1. The predicted octanol–water partition coefficient (Wildman–Crippen LogP) is 4.35. The first-order valence-corrected chi connectivity index (χ1v) is 12.4. The molecule has 1 N–H and O–H groups in total. The third-order valence-electron chi connectivity index (χ3n) is 9.83. The van der Waals surface area contributed by atoms with E-state index in [1.165, 1.54) is 51.4 Å². The van der Waals surface area contributed by atoms with Crippen molar-refractivity contribution in [1.29, 1.82) is 0 Å². The van der Waals surface area contributed by atoms with E-state index < -0.39 is 0 Å². The Morgan fingerprint density at radius 3 is 2.41 bits per heavy atom. The second-order valence-corrected chi connectivity index (χ2v) is 11.5. The van der Waals surface area contributed by atoms with Gasteiger partial charge in [0.15, 0.2) is 0 Å². The maximum atomic E-state index is 10.6. The summed E-state index contributed by atoms with van der Waals surface area (Å²) in [5.74, 6) is 3.32. The van der Waals surface area contributed by atoms with Crippen LogP contribution in [0, 0.1) is 34.5 Å². The standard InChI is InChI=1S/C25H45NO3/c1-24-11-9-19(29-16-15-28-14-13-26(3)4)17-18(24)5-6-20-21-7-8-23(27)25(21,2)12-10-22(20)24/h18-23,27H,5-17H2,1-4H3/t18?,19-,20?,21?,22?,23?,24-,25-/m0/s1. The van der Waals surface area contributed by atoms with E-state index in [9.17, 15) is 5.11 Å². The highest BCUT2D eigenvalue weighted by molar-refractivity contribution is 5.09. The van der Waals surface area contributed by atoms with Crippen molar-refractivity contribution in [2.75, 3.05) is 40.5 Å². The highest BCUT2D eigenvalue weighted by atomic mass is 16.5. The highest BCUT2D eigenvalue weighted by Gasteiger charge is 2.60. The van der Waals surface area contributed by atoms with Gasteiger partial charge in [0.05, 0.1) is 32.0 Å². The molecule has 0 saturated heterocycles. The van der Waals surface area contributed by atoms with Crippen molar-refractivity contribution in [3.8, 4) is 0 Å². The molecule has 0 bridgehead atoms. The van der Waals surface area contributed by atoms with Crippen LogP contribution < -0.4 is 0 Å². The smallest absolute Gasteiger partial charge is 0.0704 e. The normalized spacial score (nSPS) is 47.0. The van der Waals surface area contributed by atoms with Crippen LogP contribution in [0.5, 0.6) is 0 Å². The maximum absolute atomic E-state index is 10.6. The summed E-state index contributed by atoms with van der Waals surface area (Å²) in [4.78, 5) is 2.15. The number of hydrogen-bond acceptors (Lipinski definition) is 4. The zero-order chi connectivity index (χ0) is 20.6. The van der Waals surface area contributed by atoms with Crippen molar-refractivity contribution in [3.63, 3.8) is 0 Å². The summed E-state index contributed by atoms with van der Waals surface area (Å²) in [6.45, 7) is 8.24. The van der Waals surface area contributed by atoms with Crippen LogP contribution in [0.25, 0.3) is 0 Å². The molecule has 0 amide bonds. The minimum atomic E-state index is -0.0527. The molecule has 5 unspecified atom stereocenters. The van der Waals surface area contributed by atoms with Crippen molar-refractivity contribution in [1.82, 2.24) is 4.90 Å². The first-order chi connectivity index (χ1) is 13.8. The molecule has 4 fully saturated rings. The van der Waals surface area contributed by atoms with E-state index in [0.717, 1.165) is 56.5 Å². The van der Waals surface area contributed by atoms with Crippen LogP contribution >= 0.6 is 0 Å². The fourth-order valence-corrected chi connectivity index (χ4v) is 7.97. The third kappa shape index (κ3) is 4.16. The molecule has 0 aliphatic heterocycles. The van der Waals surface area contributed by atoms with Gasteiger partial charge in [-0.15, -0.1) is 0 Å². The first kappa shape index (κ1) is 22.0. The van der Waals surface area contributed by atoms with Gasteiger partial charge >= 0.3 is 0 Å². The summed E-state index contributed by atoms with van der Waals surface area (Å²) in [6.07, 6.45) is 11.8. The van der Waals surface area contributed by atoms with Gasteiger partial charge in [0.25, 0.3) is 0 Å². The lowest BCUT2D eigenvalue weighted by Crippen LogP contribution is -2.54. The Morgan fingerprint density at radius 1 is 0.862 bits per heavy atom. The summed E-state index contributed by atoms with van der Waals surface area (Å²) >= 11 is 0. The zero-order valence-corrected chi connectivity index (χ0v) is 19.4. The molecular weight excluding hydrogens is 362 g/mol. The van der Waals surface area contributed by atoms with Crippen LogP contribution in [0.1, 0.15) is 71.6 Å². The Hall–Kier alpha value is -0.160. The van der Waals surface area contributed by atoms with E-state index in [0.29, 0.717) is 11.5 Å². The van der Waals surface area contributed by atoms with Gasteiger partial charge < -0.3 is 19.5 Å². The summed E-state index contributed by atoms with van der Waals surface area (Å²) < 4.78 is 12.0. The Kier molecular flexibility index (Phi) is 6.66. The summed E-state index contributed by atoms with van der Waals surface area (Å²) in [7, 11) is 4.16. The molecule has 4 aliphatic carbocycles. The molecule has 4 rings (SSSR count). The van der Waals surface area contributed by atoms with Crippen LogP contribution in [-0.2, 0) is 9.47 Å². The molecule has 29 heavy (non-hydrogen) atoms. The Balaban J connectivity index is 1.29. The van der Waals surface area contributed by atoms with E-state index >= 15 is 0 Å². The van der Waals surface area contributed by atoms with Gasteiger partial charge in [-0.2, -0.15) is 0 Å². The molecule has 168 valence electrons. The van der Waals surface area contributed by atoms with Crippen molar-refractivity contribution in [2.24, 2.45) is 34.5 Å². The first-order valence-electron chi connectivity index (χ1n) is 12.4. The molecule has 0 aromatic carbocycles. The highest BCUT2D eigenvalue weighted by Crippen LogP contribution is 2.66. The molecule has 0 radical (unpaired) electrons. The number of rotatable bonds is 7. The van der Waals surface area contributed by atoms with Gasteiger partial charge in [0.2, 0.25) is 0 Å². The molecule has 0 aromatic rings. The van der Waals surface area contributed by atoms with E-state index in [1.54, 1.807) is 0 Å². The molecule has 0 heterocycles. The third-order valence-corrected chi connectivity index (χ3v) is 9.83. The fraction of sp³-hybridized carbons (Fsp3) is 1.00. The topological polar surface area (TPSA) is 41.9 Å². The number of aliphatic hydroxyl groups excluding tert-OH is 1. The Bertz CT molecular complexity index is 554. The molecule has 0 spiro atoms. The monoisotopic (exact) mass is 407 g/mol. The summed E-state index contributed by atoms with van der Waals surface area (Å²) in [5.41, 5.74) is 0.705. The number of ether oxygens (including phenoxy) is 2. The lowest BCUT2D eigenvalue weighted by molar-refractivity contribution is -0.142. The van der Waals surface area contributed by atoms with Crippen molar-refractivity contribution in [3.05, 3.63) is 0 Å². The maximum Gasteiger partial charge on any atom is 0.0704 e. The van der Waals surface area contributed by atoms with Crippen LogP contribution in [-0.4, -0.2) is 62.7 Å². The predicted molar refractivity (Wildman–Crippen MR) is 117 cm³/mol. The molecule has 4 nitrogen and oxygen atoms in total. The molecule has 4 heteroatoms. The van der Waals surface area contributed by atoms with Gasteiger partial charge in [0, 0.05) is 6.54 Å². The number of aliphatic hydroxyl groups is 1. The van der Waals surface area contributed by atoms with Gasteiger partial charge in [-0.05, 0) is 106 Å². The Morgan fingerprint density at radius 2 is 1.62 bits per heavy atom. The van der Waals surface area contributed by atoms with Gasteiger partial charge in [-0.25, -0.2) is 0 Å². The minimum absolute atomic E-state index is 0.0527. The van der Waals surface area contributed by atoms with Crippen LogP contribution in [0.15, 0.2) is 0 Å². The Labute approximate surface area is 178 Å². The second kappa shape index (κ2) is 8.76. The lowest BCUT2D eigenvalue weighted by Gasteiger charge is -2.60. The molecule has 8 atom stereocenters. The van der Waals surface area contributed by atoms with Crippen molar-refractivity contribution in [2.45, 2.75) is 83.8 Å². The van der Waals surface area contributed by atoms with Gasteiger partial charge in [-0.1, -0.05) is 13.8 Å². The quantitative estimate of drug-likeness (QED) is 0.637. The molecule has 4 saturated carbocycles. The zero-order valence-electron chi connectivity index (χ0n) is 19.4. The summed E-state index contributed by atoms with van der Waals surface area (Å²) in [6, 6.07) is 0. The second-order valence-electron chi connectivity index (χ2n) is 11.5. The summed E-state index contributed by atoms with van der Waals surface area (Å²) in [5, 5.41) is 10.6. The van der Waals surface area contributed by atoms with Crippen molar-refractivity contribution >= 4 is 0 Å². The number of fused-ring (bicyclic) bond motifs is 5. The van der Waals surface area contributed by atoms with Crippen LogP contribution in [0.3, 0.4) is 0 Å². The SMILES string of the molecule is CN(C)CCOCCO[C@H]1CC[C@@]2(C)C(CCC3C2CC[C@]2(C)C(O)CCC32)C1. The van der Waals surface area contributed by atoms with Gasteiger partial charge in [0.1, 0.15) is 0 Å². The number of hydrogen-bond donors (Lipinski definition) is 1. The molecule has 4 aliphatic rings. The lowest BCUT2D eigenvalue weighted by atomic mass is 9.45. The van der Waals surface area contributed by atoms with E-state index in [2.05, 4.69) is 32.8 Å². The van der Waals surface area contributed by atoms with Gasteiger partial charge in [-0.3, -0.25) is 0 Å². The van der Waals surface area contributed by atoms with E-state index in [-0.39, 0.29) is 11.5 Å². The average molecular weight is 408 g/mol. The van der Waals surface area contributed by atoms with E-state index in [4.69, 9.17) is 9.47 Å². The fourth-order valence-electron chi connectivity index (χ4n) is 7.97. The van der Waals surface area contributed by atoms with Crippen LogP contribution in [0.2, 0.25) is 0 Å². The number of likely N-dealkylation sites (N-methyl/N-ethyl adjacent to an activating group) is 1. The molecule has 0 aromatic heterocycles. The van der Waals surface area contributed by atoms with Crippen LogP contribution in [0.4, 0.5) is 0 Å². The molecular formula is C25H45NO3.